The van der Waals surface area contributed by atoms with Crippen molar-refractivity contribution in [2.75, 3.05) is 12.3 Å². The summed E-state index contributed by atoms with van der Waals surface area (Å²) in [5.74, 6) is -0.776. The highest BCUT2D eigenvalue weighted by Gasteiger charge is 2.17. The van der Waals surface area contributed by atoms with Crippen LogP contribution in [0.2, 0.25) is 0 Å². The summed E-state index contributed by atoms with van der Waals surface area (Å²) < 4.78 is 4.79. The van der Waals surface area contributed by atoms with Crippen molar-refractivity contribution in [1.82, 2.24) is 5.32 Å². The van der Waals surface area contributed by atoms with Gasteiger partial charge in [-0.1, -0.05) is 0 Å². The van der Waals surface area contributed by atoms with Crippen molar-refractivity contribution in [2.45, 2.75) is 19.9 Å². The summed E-state index contributed by atoms with van der Waals surface area (Å²) in [6.45, 7) is 3.58. The maximum absolute atomic E-state index is 11.7. The van der Waals surface area contributed by atoms with Crippen molar-refractivity contribution in [3.05, 3.63) is 29.8 Å². The highest BCUT2D eigenvalue weighted by atomic mass is 16.5. The molecule has 5 nitrogen and oxygen atoms in total. The Morgan fingerprint density at radius 3 is 2.47 bits per heavy atom. The van der Waals surface area contributed by atoms with E-state index in [9.17, 15) is 9.59 Å². The Morgan fingerprint density at radius 2 is 1.94 bits per heavy atom. The quantitative estimate of drug-likeness (QED) is 0.602. The second-order valence-corrected chi connectivity index (χ2v) is 3.57. The van der Waals surface area contributed by atoms with E-state index in [2.05, 4.69) is 5.32 Å². The number of amides is 1. The molecule has 0 unspecified atom stereocenters. The molecule has 0 aliphatic heterocycles. The first kappa shape index (κ1) is 13.0. The normalized spacial score (nSPS) is 11.6. The summed E-state index contributed by atoms with van der Waals surface area (Å²) in [6.07, 6.45) is 0. The number of benzene rings is 1. The molecule has 3 N–H and O–H groups in total. The van der Waals surface area contributed by atoms with Crippen LogP contribution in [0.3, 0.4) is 0 Å². The van der Waals surface area contributed by atoms with Crippen LogP contribution in [0.4, 0.5) is 5.69 Å². The molecule has 1 aromatic rings. The second-order valence-electron chi connectivity index (χ2n) is 3.57. The van der Waals surface area contributed by atoms with Gasteiger partial charge in [-0.15, -0.1) is 0 Å². The van der Waals surface area contributed by atoms with Crippen LogP contribution in [0.25, 0.3) is 0 Å². The molecule has 0 aromatic heterocycles. The Bertz CT molecular complexity index is 401. The van der Waals surface area contributed by atoms with E-state index in [0.717, 1.165) is 0 Å². The van der Waals surface area contributed by atoms with Crippen molar-refractivity contribution < 1.29 is 14.3 Å². The van der Waals surface area contributed by atoms with Crippen molar-refractivity contribution in [2.24, 2.45) is 0 Å². The van der Waals surface area contributed by atoms with E-state index in [-0.39, 0.29) is 5.91 Å². The maximum atomic E-state index is 11.7. The van der Waals surface area contributed by atoms with Crippen LogP contribution < -0.4 is 11.1 Å². The molecule has 0 aliphatic rings. The van der Waals surface area contributed by atoms with Crippen LogP contribution in [0.5, 0.6) is 0 Å². The number of nitrogens with two attached hydrogens (primary N) is 1. The van der Waals surface area contributed by atoms with E-state index in [0.29, 0.717) is 17.9 Å². The molecule has 92 valence electrons. The number of ether oxygens (including phenoxy) is 1. The predicted octanol–water partition coefficient (Wildman–Crippen LogP) is 0.950. The van der Waals surface area contributed by atoms with Gasteiger partial charge < -0.3 is 15.8 Å². The van der Waals surface area contributed by atoms with Crippen LogP contribution in [-0.2, 0) is 9.53 Å². The Labute approximate surface area is 99.9 Å². The molecule has 1 aromatic carbocycles. The fraction of sp³-hybridized carbons (Fsp3) is 0.333. The van der Waals surface area contributed by atoms with Gasteiger partial charge in [0, 0.05) is 11.3 Å². The Morgan fingerprint density at radius 1 is 1.35 bits per heavy atom. The van der Waals surface area contributed by atoms with Crippen LogP contribution in [0.15, 0.2) is 24.3 Å². The first-order valence-corrected chi connectivity index (χ1v) is 5.37. The summed E-state index contributed by atoms with van der Waals surface area (Å²) in [6, 6.07) is 5.79. The zero-order valence-corrected chi connectivity index (χ0v) is 9.90. The molecule has 0 aliphatic carbocycles. The lowest BCUT2D eigenvalue weighted by Gasteiger charge is -2.12. The van der Waals surface area contributed by atoms with Crippen LogP contribution >= 0.6 is 0 Å². The number of esters is 1. The smallest absolute Gasteiger partial charge is 0.328 e. The van der Waals surface area contributed by atoms with E-state index in [4.69, 9.17) is 10.5 Å². The summed E-state index contributed by atoms with van der Waals surface area (Å²) in [7, 11) is 0. The lowest BCUT2D eigenvalue weighted by atomic mass is 10.2. The average molecular weight is 236 g/mol. The number of hydrogen-bond acceptors (Lipinski definition) is 4. The third kappa shape index (κ3) is 3.79. The standard InChI is InChI=1S/C12H16N2O3/c1-3-17-12(16)8(2)14-11(15)9-4-6-10(13)7-5-9/h4-8H,3,13H2,1-2H3,(H,14,15)/t8-/m0/s1. The Kier molecular flexibility index (Phi) is 4.51. The van der Waals surface area contributed by atoms with Gasteiger partial charge in [-0.3, -0.25) is 4.79 Å². The molecule has 1 rings (SSSR count). The van der Waals surface area contributed by atoms with E-state index in [1.807, 2.05) is 0 Å². The van der Waals surface area contributed by atoms with E-state index in [1.165, 1.54) is 0 Å². The van der Waals surface area contributed by atoms with Crippen LogP contribution in [-0.4, -0.2) is 24.5 Å². The van der Waals surface area contributed by atoms with Gasteiger partial charge in [0.1, 0.15) is 6.04 Å². The number of carbonyl (C=O) groups is 2. The lowest BCUT2D eigenvalue weighted by molar-refractivity contribution is -0.144. The molecule has 1 atom stereocenters. The first-order valence-electron chi connectivity index (χ1n) is 5.37. The van der Waals surface area contributed by atoms with Crippen LogP contribution in [0, 0.1) is 0 Å². The molecule has 0 radical (unpaired) electrons. The molecule has 0 heterocycles. The molecule has 0 saturated carbocycles. The fourth-order valence-corrected chi connectivity index (χ4v) is 1.24. The summed E-state index contributed by atoms with van der Waals surface area (Å²) in [4.78, 5) is 23.0. The molecular weight excluding hydrogens is 220 g/mol. The van der Waals surface area contributed by atoms with Gasteiger partial charge in [-0.25, -0.2) is 4.79 Å². The summed E-state index contributed by atoms with van der Waals surface area (Å²) in [5.41, 5.74) is 6.55. The molecule has 0 spiro atoms. The van der Waals surface area contributed by atoms with E-state index in [1.54, 1.807) is 38.1 Å². The topological polar surface area (TPSA) is 81.4 Å². The van der Waals surface area contributed by atoms with Crippen LogP contribution in [0.1, 0.15) is 24.2 Å². The lowest BCUT2D eigenvalue weighted by Crippen LogP contribution is -2.39. The molecule has 0 bridgehead atoms. The zero-order valence-electron chi connectivity index (χ0n) is 9.90. The fourth-order valence-electron chi connectivity index (χ4n) is 1.24. The third-order valence-electron chi connectivity index (χ3n) is 2.16. The number of carbonyl (C=O) groups excluding carboxylic acids is 2. The first-order chi connectivity index (χ1) is 8.04. The minimum Gasteiger partial charge on any atom is -0.464 e. The monoisotopic (exact) mass is 236 g/mol. The molecule has 17 heavy (non-hydrogen) atoms. The van der Waals surface area contributed by atoms with Gasteiger partial charge in [-0.05, 0) is 38.1 Å². The van der Waals surface area contributed by atoms with Gasteiger partial charge in [-0.2, -0.15) is 0 Å². The van der Waals surface area contributed by atoms with Gasteiger partial charge in [0.15, 0.2) is 0 Å². The average Bonchev–Trinajstić information content (AvgIpc) is 2.30. The van der Waals surface area contributed by atoms with Gasteiger partial charge >= 0.3 is 5.97 Å². The van der Waals surface area contributed by atoms with Crippen molar-refractivity contribution in [3.8, 4) is 0 Å². The number of rotatable bonds is 4. The number of nitrogens with one attached hydrogen (secondary N) is 1. The van der Waals surface area contributed by atoms with Crippen molar-refractivity contribution >= 4 is 17.6 Å². The van der Waals surface area contributed by atoms with Gasteiger partial charge in [0.2, 0.25) is 0 Å². The second kappa shape index (κ2) is 5.89. The molecule has 1 amide bonds. The highest BCUT2D eigenvalue weighted by molar-refractivity contribution is 5.96. The number of anilines is 1. The third-order valence-corrected chi connectivity index (χ3v) is 2.16. The van der Waals surface area contributed by atoms with Gasteiger partial charge in [0.25, 0.3) is 5.91 Å². The minimum absolute atomic E-state index is 0.293. The predicted molar refractivity (Wildman–Crippen MR) is 64.4 cm³/mol. The minimum atomic E-state index is -0.667. The summed E-state index contributed by atoms with van der Waals surface area (Å²) in [5, 5.41) is 2.55. The van der Waals surface area contributed by atoms with E-state index >= 15 is 0 Å². The Hall–Kier alpha value is -2.04. The maximum Gasteiger partial charge on any atom is 0.328 e. The summed E-state index contributed by atoms with van der Waals surface area (Å²) >= 11 is 0. The molecular formula is C12H16N2O3. The largest absolute Gasteiger partial charge is 0.464 e. The molecule has 5 heteroatoms. The molecule has 0 fully saturated rings. The zero-order chi connectivity index (χ0) is 12.8. The molecule has 0 saturated heterocycles. The van der Waals surface area contributed by atoms with Crippen molar-refractivity contribution in [3.63, 3.8) is 0 Å². The van der Waals surface area contributed by atoms with E-state index < -0.39 is 12.0 Å². The van der Waals surface area contributed by atoms with Crippen molar-refractivity contribution in [1.29, 1.82) is 0 Å². The van der Waals surface area contributed by atoms with Gasteiger partial charge in [0.05, 0.1) is 6.61 Å². The Balaban J connectivity index is 2.60. The SMILES string of the molecule is CCOC(=O)[C@H](C)NC(=O)c1ccc(N)cc1. The number of nitrogen functional groups attached to an aromatic ring is 1. The highest BCUT2D eigenvalue weighted by Crippen LogP contribution is 2.05. The number of hydrogen-bond donors (Lipinski definition) is 2.